The van der Waals surface area contributed by atoms with Crippen LogP contribution in [0, 0.1) is 10.1 Å². The maximum Gasteiger partial charge on any atom is 0.307 e. The van der Waals surface area contributed by atoms with Crippen LogP contribution in [0.25, 0.3) is 0 Å². The van der Waals surface area contributed by atoms with E-state index >= 15 is 0 Å². The van der Waals surface area contributed by atoms with E-state index in [0.717, 1.165) is 6.07 Å². The first-order chi connectivity index (χ1) is 9.90. The van der Waals surface area contributed by atoms with Crippen molar-refractivity contribution in [2.45, 2.75) is 19.8 Å². The van der Waals surface area contributed by atoms with Gasteiger partial charge in [-0.15, -0.1) is 0 Å². The number of non-ortho nitro benzene ring substituents is 1. The Balaban J connectivity index is 3.07. The highest BCUT2D eigenvalue weighted by Crippen LogP contribution is 2.33. The predicted molar refractivity (Wildman–Crippen MR) is 72.6 cm³/mol. The fourth-order valence-corrected chi connectivity index (χ4v) is 1.90. The zero-order valence-electron chi connectivity index (χ0n) is 11.7. The van der Waals surface area contributed by atoms with Crippen molar-refractivity contribution in [1.82, 2.24) is 0 Å². The summed E-state index contributed by atoms with van der Waals surface area (Å²) in [6.45, 7) is 2.32. The van der Waals surface area contributed by atoms with Crippen LogP contribution in [0.15, 0.2) is 18.2 Å². The number of hydrogen-bond donors (Lipinski definition) is 0. The van der Waals surface area contributed by atoms with Crippen molar-refractivity contribution >= 4 is 17.3 Å². The van der Waals surface area contributed by atoms with E-state index in [2.05, 4.69) is 4.74 Å². The highest BCUT2D eigenvalue weighted by atomic mass is 19.3. The van der Waals surface area contributed by atoms with E-state index in [1.165, 1.54) is 19.2 Å². The molecular formula is C13H16F2N2O4. The molecule has 0 radical (unpaired) electrons. The molecule has 0 aliphatic carbocycles. The zero-order chi connectivity index (χ0) is 16.0. The van der Waals surface area contributed by atoms with Gasteiger partial charge in [0.15, 0.2) is 0 Å². The predicted octanol–water partition coefficient (Wildman–Crippen LogP) is 2.92. The summed E-state index contributed by atoms with van der Waals surface area (Å²) in [7, 11) is 1.25. The van der Waals surface area contributed by atoms with E-state index in [1.54, 1.807) is 11.8 Å². The molecule has 0 fully saturated rings. The van der Waals surface area contributed by atoms with Crippen LogP contribution in [0.3, 0.4) is 0 Å². The van der Waals surface area contributed by atoms with Gasteiger partial charge < -0.3 is 9.64 Å². The van der Waals surface area contributed by atoms with Crippen LogP contribution in [0.1, 0.15) is 25.3 Å². The maximum atomic E-state index is 13.1. The quantitative estimate of drug-likeness (QED) is 0.440. The number of anilines is 1. The van der Waals surface area contributed by atoms with Crippen LogP contribution in [-0.2, 0) is 9.53 Å². The number of rotatable bonds is 7. The van der Waals surface area contributed by atoms with E-state index in [1.807, 2.05) is 0 Å². The fraction of sp³-hybridized carbons (Fsp3) is 0.462. The van der Waals surface area contributed by atoms with Gasteiger partial charge in [-0.2, -0.15) is 0 Å². The number of halogens is 2. The largest absolute Gasteiger partial charge is 0.469 e. The molecule has 0 amide bonds. The van der Waals surface area contributed by atoms with Crippen molar-refractivity contribution in [2.75, 3.05) is 25.1 Å². The summed E-state index contributed by atoms with van der Waals surface area (Å²) in [4.78, 5) is 22.6. The van der Waals surface area contributed by atoms with Gasteiger partial charge in [0.1, 0.15) is 0 Å². The molecule has 1 rings (SSSR count). The molecule has 0 N–H and O–H groups in total. The van der Waals surface area contributed by atoms with E-state index in [9.17, 15) is 23.7 Å². The highest BCUT2D eigenvalue weighted by Gasteiger charge is 2.21. The first kappa shape index (κ1) is 16.8. The van der Waals surface area contributed by atoms with Gasteiger partial charge in [-0.3, -0.25) is 14.9 Å². The Labute approximate surface area is 120 Å². The topological polar surface area (TPSA) is 72.7 Å². The summed E-state index contributed by atoms with van der Waals surface area (Å²) in [5.74, 6) is -0.450. The lowest BCUT2D eigenvalue weighted by Gasteiger charge is -2.25. The molecule has 0 unspecified atom stereocenters. The number of methoxy groups -OCH3 is 1. The molecule has 0 atom stereocenters. The van der Waals surface area contributed by atoms with Crippen molar-refractivity contribution in [1.29, 1.82) is 0 Å². The second kappa shape index (κ2) is 7.51. The van der Waals surface area contributed by atoms with Crippen LogP contribution in [0.4, 0.5) is 20.2 Å². The smallest absolute Gasteiger partial charge is 0.307 e. The molecule has 0 spiro atoms. The van der Waals surface area contributed by atoms with E-state index in [-0.39, 0.29) is 18.7 Å². The number of carbonyl (C=O) groups excluding carboxylic acids is 1. The fourth-order valence-electron chi connectivity index (χ4n) is 1.90. The first-order valence-corrected chi connectivity index (χ1v) is 6.29. The van der Waals surface area contributed by atoms with Crippen LogP contribution in [0.5, 0.6) is 0 Å². The second-order valence-corrected chi connectivity index (χ2v) is 4.21. The zero-order valence-corrected chi connectivity index (χ0v) is 11.7. The van der Waals surface area contributed by atoms with Crippen molar-refractivity contribution in [3.8, 4) is 0 Å². The number of esters is 1. The third kappa shape index (κ3) is 4.37. The number of nitro benzene ring substituents is 1. The van der Waals surface area contributed by atoms with Gasteiger partial charge in [-0.1, -0.05) is 0 Å². The molecule has 6 nitrogen and oxygen atoms in total. The lowest BCUT2D eigenvalue weighted by molar-refractivity contribution is -0.385. The number of nitro groups is 1. The summed E-state index contributed by atoms with van der Waals surface area (Å²) < 4.78 is 30.7. The molecule has 1 aromatic rings. The molecule has 0 saturated heterocycles. The van der Waals surface area contributed by atoms with Crippen LogP contribution < -0.4 is 4.90 Å². The van der Waals surface area contributed by atoms with Gasteiger partial charge in [0, 0.05) is 36.5 Å². The average molecular weight is 302 g/mol. The molecular weight excluding hydrogens is 286 g/mol. The molecule has 0 aliphatic rings. The monoisotopic (exact) mass is 302 g/mol. The number of alkyl halides is 2. The number of hydrogen-bond acceptors (Lipinski definition) is 5. The third-order valence-corrected chi connectivity index (χ3v) is 2.99. The van der Waals surface area contributed by atoms with E-state index < -0.39 is 28.6 Å². The molecule has 21 heavy (non-hydrogen) atoms. The van der Waals surface area contributed by atoms with Crippen molar-refractivity contribution < 1.29 is 23.2 Å². The Morgan fingerprint density at radius 2 is 2.14 bits per heavy atom. The minimum atomic E-state index is -2.84. The van der Waals surface area contributed by atoms with Gasteiger partial charge in [-0.05, 0) is 13.0 Å². The number of ether oxygens (including phenoxy) is 1. The summed E-state index contributed by atoms with van der Waals surface area (Å²) in [6, 6.07) is 3.31. The first-order valence-electron chi connectivity index (χ1n) is 6.29. The number of carbonyl (C=O) groups is 1. The molecule has 0 saturated carbocycles. The highest BCUT2D eigenvalue weighted by molar-refractivity contribution is 5.70. The summed E-state index contributed by atoms with van der Waals surface area (Å²) in [6.07, 6.45) is -2.80. The molecule has 116 valence electrons. The second-order valence-electron chi connectivity index (χ2n) is 4.21. The molecule has 0 aromatic heterocycles. The van der Waals surface area contributed by atoms with Gasteiger partial charge in [0.05, 0.1) is 18.5 Å². The minimum Gasteiger partial charge on any atom is -0.469 e. The molecule has 0 aliphatic heterocycles. The third-order valence-electron chi connectivity index (χ3n) is 2.99. The molecule has 1 aromatic carbocycles. The summed E-state index contributed by atoms with van der Waals surface area (Å²) in [5.41, 5.74) is -0.629. The van der Waals surface area contributed by atoms with Gasteiger partial charge in [0.2, 0.25) is 0 Å². The Kier molecular flexibility index (Phi) is 6.01. The van der Waals surface area contributed by atoms with Crippen molar-refractivity contribution in [3.05, 3.63) is 33.9 Å². The Morgan fingerprint density at radius 3 is 2.62 bits per heavy atom. The normalized spacial score (nSPS) is 10.5. The summed E-state index contributed by atoms with van der Waals surface area (Å²) in [5, 5.41) is 10.7. The number of benzene rings is 1. The van der Waals surface area contributed by atoms with Crippen LogP contribution >= 0.6 is 0 Å². The molecule has 0 heterocycles. The van der Waals surface area contributed by atoms with Crippen molar-refractivity contribution in [2.24, 2.45) is 0 Å². The Bertz CT molecular complexity index is 523. The van der Waals surface area contributed by atoms with Crippen LogP contribution in [0.2, 0.25) is 0 Å². The minimum absolute atomic E-state index is 0.0456. The maximum absolute atomic E-state index is 13.1. The van der Waals surface area contributed by atoms with E-state index in [0.29, 0.717) is 6.54 Å². The Morgan fingerprint density at radius 1 is 1.48 bits per heavy atom. The average Bonchev–Trinajstić information content (AvgIpc) is 2.47. The number of nitrogens with zero attached hydrogens (tertiary/aromatic N) is 2. The van der Waals surface area contributed by atoms with Crippen molar-refractivity contribution in [3.63, 3.8) is 0 Å². The van der Waals surface area contributed by atoms with Gasteiger partial charge in [0.25, 0.3) is 12.1 Å². The lowest BCUT2D eigenvalue weighted by atomic mass is 10.1. The SMILES string of the molecule is CCN(CCC(=O)OC)c1ccc([N+](=O)[O-])cc1C(F)F. The van der Waals surface area contributed by atoms with E-state index in [4.69, 9.17) is 0 Å². The standard InChI is InChI=1S/C13H16F2N2O4/c1-3-16(7-6-12(18)21-2)11-5-4-9(17(19)20)8-10(11)13(14)15/h4-5,8,13H,3,6-7H2,1-2H3. The Hall–Kier alpha value is -2.25. The summed E-state index contributed by atoms with van der Waals surface area (Å²) >= 11 is 0. The lowest BCUT2D eigenvalue weighted by Crippen LogP contribution is -2.27. The molecule has 0 bridgehead atoms. The molecule has 8 heteroatoms. The van der Waals surface area contributed by atoms with Crippen LogP contribution in [-0.4, -0.2) is 31.1 Å². The van der Waals surface area contributed by atoms with Gasteiger partial charge in [-0.25, -0.2) is 8.78 Å². The van der Waals surface area contributed by atoms with Gasteiger partial charge >= 0.3 is 5.97 Å².